The summed E-state index contributed by atoms with van der Waals surface area (Å²) in [7, 11) is 0. The SMILES string of the molecule is NCCc1nc(C(=O)NC(Cc2c[nH]c3ccccc23)C(N)=O)co1. The standard InChI is InChI=1S/C17H19N5O3/c18-6-5-15-21-14(9-25-15)17(24)22-13(16(19)23)7-10-8-20-12-4-2-1-3-11(10)12/h1-4,8-9,13,20H,5-7,18H2,(H2,19,23)(H,22,24). The van der Waals surface area contributed by atoms with Crippen molar-refractivity contribution < 1.29 is 14.0 Å². The molecule has 0 aliphatic rings. The normalized spacial score (nSPS) is 12.2. The van der Waals surface area contributed by atoms with Crippen LogP contribution < -0.4 is 16.8 Å². The minimum absolute atomic E-state index is 0.0913. The highest BCUT2D eigenvalue weighted by Crippen LogP contribution is 2.19. The number of rotatable bonds is 7. The summed E-state index contributed by atoms with van der Waals surface area (Å²) in [5.74, 6) is -0.764. The van der Waals surface area contributed by atoms with Crippen LogP contribution in [0.15, 0.2) is 41.1 Å². The smallest absolute Gasteiger partial charge is 0.273 e. The highest BCUT2D eigenvalue weighted by Gasteiger charge is 2.22. The van der Waals surface area contributed by atoms with Gasteiger partial charge in [0.1, 0.15) is 12.3 Å². The lowest BCUT2D eigenvalue weighted by Gasteiger charge is -2.14. The first-order chi connectivity index (χ1) is 12.1. The van der Waals surface area contributed by atoms with E-state index in [1.807, 2.05) is 30.5 Å². The lowest BCUT2D eigenvalue weighted by Crippen LogP contribution is -2.45. The molecule has 1 unspecified atom stereocenters. The number of nitrogens with one attached hydrogen (secondary N) is 2. The van der Waals surface area contributed by atoms with E-state index in [0.29, 0.717) is 18.9 Å². The zero-order chi connectivity index (χ0) is 17.8. The average Bonchev–Trinajstić information content (AvgIpc) is 3.22. The summed E-state index contributed by atoms with van der Waals surface area (Å²) in [4.78, 5) is 31.2. The Morgan fingerprint density at radius 3 is 2.88 bits per heavy atom. The van der Waals surface area contributed by atoms with Gasteiger partial charge in [-0.05, 0) is 11.6 Å². The zero-order valence-corrected chi connectivity index (χ0v) is 13.5. The van der Waals surface area contributed by atoms with E-state index in [0.717, 1.165) is 16.5 Å². The van der Waals surface area contributed by atoms with E-state index in [2.05, 4.69) is 15.3 Å². The third kappa shape index (κ3) is 3.69. The Morgan fingerprint density at radius 2 is 2.12 bits per heavy atom. The molecule has 8 heteroatoms. The molecule has 0 fully saturated rings. The van der Waals surface area contributed by atoms with Crippen LogP contribution in [0.25, 0.3) is 10.9 Å². The fourth-order valence-corrected chi connectivity index (χ4v) is 2.63. The van der Waals surface area contributed by atoms with Crippen molar-refractivity contribution in [2.45, 2.75) is 18.9 Å². The van der Waals surface area contributed by atoms with Crippen molar-refractivity contribution in [3.63, 3.8) is 0 Å². The van der Waals surface area contributed by atoms with Crippen molar-refractivity contribution >= 4 is 22.7 Å². The first-order valence-electron chi connectivity index (χ1n) is 7.88. The highest BCUT2D eigenvalue weighted by atomic mass is 16.3. The molecule has 0 saturated heterocycles. The molecule has 0 spiro atoms. The summed E-state index contributed by atoms with van der Waals surface area (Å²) in [6, 6.07) is 6.84. The van der Waals surface area contributed by atoms with Gasteiger partial charge in [0.15, 0.2) is 11.6 Å². The van der Waals surface area contributed by atoms with Crippen LogP contribution in [0.2, 0.25) is 0 Å². The van der Waals surface area contributed by atoms with Crippen molar-refractivity contribution in [2.24, 2.45) is 11.5 Å². The van der Waals surface area contributed by atoms with Gasteiger partial charge < -0.3 is 26.2 Å². The molecule has 0 radical (unpaired) electrons. The number of nitrogens with zero attached hydrogens (tertiary/aromatic N) is 1. The summed E-state index contributed by atoms with van der Waals surface area (Å²) in [5, 5.41) is 3.59. The molecule has 0 aliphatic heterocycles. The fourth-order valence-electron chi connectivity index (χ4n) is 2.63. The predicted molar refractivity (Wildman–Crippen MR) is 91.7 cm³/mol. The van der Waals surface area contributed by atoms with Gasteiger partial charge in [-0.1, -0.05) is 18.2 Å². The van der Waals surface area contributed by atoms with Crippen molar-refractivity contribution in [1.82, 2.24) is 15.3 Å². The number of carbonyl (C=O) groups is 2. The van der Waals surface area contributed by atoms with Crippen LogP contribution in [0.4, 0.5) is 0 Å². The quantitative estimate of drug-likeness (QED) is 0.495. The van der Waals surface area contributed by atoms with Crippen molar-refractivity contribution in [2.75, 3.05) is 6.54 Å². The van der Waals surface area contributed by atoms with Crippen molar-refractivity contribution in [3.8, 4) is 0 Å². The molecule has 2 aromatic heterocycles. The zero-order valence-electron chi connectivity index (χ0n) is 13.5. The molecule has 0 aliphatic carbocycles. The molecule has 8 nitrogen and oxygen atoms in total. The molecule has 1 atom stereocenters. The molecule has 0 saturated carbocycles. The van der Waals surface area contributed by atoms with Crippen LogP contribution in [0, 0.1) is 0 Å². The molecular formula is C17H19N5O3. The molecule has 2 amide bonds. The number of primary amides is 1. The monoisotopic (exact) mass is 341 g/mol. The Hall–Kier alpha value is -3.13. The first-order valence-corrected chi connectivity index (χ1v) is 7.88. The van der Waals surface area contributed by atoms with Gasteiger partial charge in [-0.15, -0.1) is 0 Å². The summed E-state index contributed by atoms with van der Waals surface area (Å²) in [5.41, 5.74) is 12.8. The van der Waals surface area contributed by atoms with Crippen LogP contribution in [-0.4, -0.2) is 34.4 Å². The Kier molecular flexibility index (Phi) is 4.80. The number of hydrogen-bond acceptors (Lipinski definition) is 5. The van der Waals surface area contributed by atoms with Gasteiger partial charge in [0.25, 0.3) is 5.91 Å². The lowest BCUT2D eigenvalue weighted by atomic mass is 10.0. The number of fused-ring (bicyclic) bond motifs is 1. The van der Waals surface area contributed by atoms with Crippen LogP contribution in [0.5, 0.6) is 0 Å². The van der Waals surface area contributed by atoms with Gasteiger partial charge in [0.2, 0.25) is 5.91 Å². The lowest BCUT2D eigenvalue weighted by molar-refractivity contribution is -0.119. The average molecular weight is 341 g/mol. The highest BCUT2D eigenvalue weighted by molar-refractivity contribution is 5.96. The molecular weight excluding hydrogens is 322 g/mol. The van der Waals surface area contributed by atoms with E-state index in [4.69, 9.17) is 15.9 Å². The summed E-state index contributed by atoms with van der Waals surface area (Å²) in [6.45, 7) is 0.367. The summed E-state index contributed by atoms with van der Waals surface area (Å²) >= 11 is 0. The van der Waals surface area contributed by atoms with Crippen molar-refractivity contribution in [1.29, 1.82) is 0 Å². The maximum atomic E-state index is 12.3. The Bertz CT molecular complexity index is 898. The third-order valence-corrected chi connectivity index (χ3v) is 3.89. The van der Waals surface area contributed by atoms with Gasteiger partial charge in [-0.25, -0.2) is 4.98 Å². The molecule has 1 aromatic carbocycles. The van der Waals surface area contributed by atoms with Gasteiger partial charge in [-0.2, -0.15) is 0 Å². The second-order valence-electron chi connectivity index (χ2n) is 5.66. The maximum Gasteiger partial charge on any atom is 0.273 e. The number of oxazole rings is 1. The number of carbonyl (C=O) groups excluding carboxylic acids is 2. The molecule has 130 valence electrons. The van der Waals surface area contributed by atoms with Gasteiger partial charge in [0, 0.05) is 36.5 Å². The topological polar surface area (TPSA) is 140 Å². The largest absolute Gasteiger partial charge is 0.448 e. The molecule has 3 rings (SSSR count). The van der Waals surface area contributed by atoms with Crippen molar-refractivity contribution in [3.05, 3.63) is 53.9 Å². The number of nitrogens with two attached hydrogens (primary N) is 2. The van der Waals surface area contributed by atoms with Crippen LogP contribution >= 0.6 is 0 Å². The second kappa shape index (κ2) is 7.18. The van der Waals surface area contributed by atoms with Crippen LogP contribution in [0.1, 0.15) is 21.9 Å². The first kappa shape index (κ1) is 16.7. The van der Waals surface area contributed by atoms with E-state index >= 15 is 0 Å². The maximum absolute atomic E-state index is 12.3. The number of H-pyrrole nitrogens is 1. The number of aromatic amines is 1. The van der Waals surface area contributed by atoms with Crippen LogP contribution in [0.3, 0.4) is 0 Å². The Morgan fingerprint density at radius 1 is 1.32 bits per heavy atom. The van der Waals surface area contributed by atoms with E-state index in [1.165, 1.54) is 6.26 Å². The predicted octanol–water partition coefficient (Wildman–Crippen LogP) is 0.484. The minimum Gasteiger partial charge on any atom is -0.448 e. The number of hydrogen-bond donors (Lipinski definition) is 4. The molecule has 6 N–H and O–H groups in total. The summed E-state index contributed by atoms with van der Waals surface area (Å²) in [6.07, 6.45) is 3.76. The fraction of sp³-hybridized carbons (Fsp3) is 0.235. The van der Waals surface area contributed by atoms with E-state index < -0.39 is 17.9 Å². The Balaban J connectivity index is 1.74. The molecule has 0 bridgehead atoms. The second-order valence-corrected chi connectivity index (χ2v) is 5.66. The van der Waals surface area contributed by atoms with E-state index in [-0.39, 0.29) is 12.1 Å². The van der Waals surface area contributed by atoms with Crippen LogP contribution in [-0.2, 0) is 17.6 Å². The molecule has 3 aromatic rings. The minimum atomic E-state index is -0.860. The van der Waals surface area contributed by atoms with E-state index in [9.17, 15) is 9.59 Å². The molecule has 25 heavy (non-hydrogen) atoms. The Labute approximate surface area is 143 Å². The van der Waals surface area contributed by atoms with Gasteiger partial charge in [0.05, 0.1) is 0 Å². The molecule has 2 heterocycles. The summed E-state index contributed by atoms with van der Waals surface area (Å²) < 4.78 is 5.16. The number of amides is 2. The number of aromatic nitrogens is 2. The van der Waals surface area contributed by atoms with Gasteiger partial charge >= 0.3 is 0 Å². The number of para-hydroxylation sites is 1. The van der Waals surface area contributed by atoms with Gasteiger partial charge in [-0.3, -0.25) is 9.59 Å². The van der Waals surface area contributed by atoms with E-state index in [1.54, 1.807) is 0 Å². The third-order valence-electron chi connectivity index (χ3n) is 3.89. The number of benzene rings is 1.